The summed E-state index contributed by atoms with van der Waals surface area (Å²) in [5.41, 5.74) is 3.82. The molecule has 10 N–H and O–H groups in total. The molecule has 33 nitrogen and oxygen atoms in total. The van der Waals surface area contributed by atoms with E-state index in [4.69, 9.17) is 64.7 Å². The summed E-state index contributed by atoms with van der Waals surface area (Å²) < 4.78 is 107. The molecule has 7 aromatic carbocycles. The number of carbonyl (C=O) groups excluding carboxylic acids is 5. The maximum atomic E-state index is 14.5. The van der Waals surface area contributed by atoms with Gasteiger partial charge in [0.1, 0.15) is 60.3 Å². The minimum atomic E-state index is -5.32. The van der Waals surface area contributed by atoms with Gasteiger partial charge in [-0.2, -0.15) is 0 Å². The van der Waals surface area contributed by atoms with Crippen molar-refractivity contribution < 1.29 is 123 Å². The van der Waals surface area contributed by atoms with Gasteiger partial charge in [-0.15, -0.1) is 36.7 Å². The van der Waals surface area contributed by atoms with Gasteiger partial charge in [0.15, 0.2) is 32.9 Å². The van der Waals surface area contributed by atoms with Crippen LogP contribution in [-0.2, 0) is 66.6 Å². The highest BCUT2D eigenvalue weighted by molar-refractivity contribution is 7.91. The Hall–Kier alpha value is -9.09. The lowest BCUT2D eigenvalue weighted by Gasteiger charge is -2.39. The van der Waals surface area contributed by atoms with Crippen molar-refractivity contribution in [3.05, 3.63) is 173 Å². The average Bonchev–Trinajstić information content (AvgIpc) is 1.62. The number of sulfone groups is 1. The van der Waals surface area contributed by atoms with Crippen LogP contribution in [0, 0.1) is 6.92 Å². The van der Waals surface area contributed by atoms with Crippen LogP contribution in [0.2, 0.25) is 0 Å². The van der Waals surface area contributed by atoms with Gasteiger partial charge in [0, 0.05) is 102 Å². The quantitative estimate of drug-likeness (QED) is 0.0151. The van der Waals surface area contributed by atoms with Crippen LogP contribution in [0.25, 0.3) is 21.5 Å². The van der Waals surface area contributed by atoms with E-state index >= 15 is 0 Å². The van der Waals surface area contributed by atoms with Crippen molar-refractivity contribution in [1.29, 1.82) is 0 Å². The van der Waals surface area contributed by atoms with Gasteiger partial charge < -0.3 is 103 Å². The lowest BCUT2D eigenvalue weighted by atomic mass is 9.95. The van der Waals surface area contributed by atoms with Gasteiger partial charge in [0.2, 0.25) is 24.4 Å². The van der Waals surface area contributed by atoms with Gasteiger partial charge in [0.05, 0.1) is 94.2 Å². The molecule has 616 valence electrons. The van der Waals surface area contributed by atoms with Crippen molar-refractivity contribution in [2.45, 2.75) is 124 Å². The molecule has 12 atom stereocenters. The summed E-state index contributed by atoms with van der Waals surface area (Å²) in [7, 11) is -8.97. The predicted octanol–water partition coefficient (Wildman–Crippen LogP) is 3.62. The average molecular weight is 1670 g/mol. The van der Waals surface area contributed by atoms with Crippen molar-refractivity contribution in [3.8, 4) is 23.0 Å². The number of nitrogens with zero attached hydrogens (tertiary/aromatic N) is 5. The Morgan fingerprint density at radius 1 is 0.539 bits per heavy atom. The fourth-order valence-electron chi connectivity index (χ4n) is 13.9. The molecule has 1 unspecified atom stereocenters. The lowest BCUT2D eigenvalue weighted by Crippen LogP contribution is -2.60. The summed E-state index contributed by atoms with van der Waals surface area (Å²) in [6.07, 6.45) is -15.6. The largest absolute Gasteiger partial charge is 0.501 e. The molecule has 0 radical (unpaired) electrons. The number of fused-ring (bicyclic) bond motifs is 6. The summed E-state index contributed by atoms with van der Waals surface area (Å²) in [4.78, 5) is 71.4. The van der Waals surface area contributed by atoms with Gasteiger partial charge in [-0.05, 0) is 77.7 Å². The van der Waals surface area contributed by atoms with E-state index in [1.165, 1.54) is 58.3 Å². The molecule has 12 rings (SSSR count). The zero-order valence-corrected chi connectivity index (χ0v) is 65.2. The maximum absolute atomic E-state index is 14.5. The van der Waals surface area contributed by atoms with E-state index < -0.39 is 130 Å². The molecular weight excluding hydrogens is 1590 g/mol. The van der Waals surface area contributed by atoms with Crippen LogP contribution in [0.1, 0.15) is 91.0 Å². The number of carbonyl (C=O) groups is 5. The Labute approximate surface area is 670 Å². The number of benzene rings is 7. The summed E-state index contributed by atoms with van der Waals surface area (Å²) in [6.45, 7) is 1.91. The molecule has 5 heterocycles. The number of halogens is 2. The Kier molecular flexibility index (Phi) is 28.4. The van der Waals surface area contributed by atoms with Crippen LogP contribution in [0.5, 0.6) is 23.0 Å². The third-order valence-electron chi connectivity index (χ3n) is 20.0. The third kappa shape index (κ3) is 20.1. The number of amides is 4. The SMILES string of the molecule is Cc1ccc(S(=O)(=O)CCC(=O)c2ccc(C(=O)NCc3cn(CCOCCOCCOCCNC(=O)c4ccc(O[C@@H]5O[C@H](CO)[C@H](O)[C@H](O)[C@H]5O)c(OS(=O)(=O)Oc5cc6c(c7ccccc57)[C@H](CCl)CN6C(=O)CCCC(=O)N5C[C@@H](CCl)c6c5cc(OC5O[C@H](CO)[C@H](O)[C@H](O)[C@H]5O)c5ccccc65)c4)nn3)cc2)cc1. The zero-order chi connectivity index (χ0) is 81.8. The number of nitrogens with one attached hydrogen (secondary N) is 2. The summed E-state index contributed by atoms with van der Waals surface area (Å²) in [5, 5.41) is 99.2. The number of rotatable bonds is 37. The second-order valence-electron chi connectivity index (χ2n) is 27.8. The number of aryl methyl sites for hydroxylation is 1. The number of aliphatic hydroxyl groups is 8. The number of aliphatic hydroxyl groups excluding tert-OH is 8. The van der Waals surface area contributed by atoms with Gasteiger partial charge in [-0.25, -0.2) is 13.1 Å². The number of aromatic nitrogens is 3. The number of hydrogen-bond donors (Lipinski definition) is 10. The number of ketones is 1. The van der Waals surface area contributed by atoms with Crippen molar-refractivity contribution in [2.24, 2.45) is 0 Å². The highest BCUT2D eigenvalue weighted by Gasteiger charge is 2.47. The first kappa shape index (κ1) is 85.3. The van der Waals surface area contributed by atoms with Gasteiger partial charge in [-0.3, -0.25) is 24.0 Å². The predicted molar refractivity (Wildman–Crippen MR) is 413 cm³/mol. The second-order valence-corrected chi connectivity index (χ2v) is 31.6. The van der Waals surface area contributed by atoms with Crippen LogP contribution in [0.3, 0.4) is 0 Å². The van der Waals surface area contributed by atoms with Crippen molar-refractivity contribution in [1.82, 2.24) is 25.6 Å². The highest BCUT2D eigenvalue weighted by Crippen LogP contribution is 2.49. The maximum Gasteiger partial charge on any atom is 0.501 e. The van der Waals surface area contributed by atoms with E-state index in [0.29, 0.717) is 39.6 Å². The van der Waals surface area contributed by atoms with Gasteiger partial charge in [-0.1, -0.05) is 83.6 Å². The molecule has 37 heteroatoms. The smallest absolute Gasteiger partial charge is 0.461 e. The fraction of sp³-hybridized carbons (Fsp3) is 0.423. The molecule has 0 bridgehead atoms. The number of alkyl halides is 2. The van der Waals surface area contributed by atoms with Crippen molar-refractivity contribution in [2.75, 3.05) is 99.8 Å². The van der Waals surface area contributed by atoms with Crippen LogP contribution in [-0.4, -0.2) is 254 Å². The molecule has 0 spiro atoms. The fourth-order valence-corrected chi connectivity index (χ4v) is 16.4. The lowest BCUT2D eigenvalue weighted by molar-refractivity contribution is -0.277. The van der Waals surface area contributed by atoms with E-state index in [2.05, 4.69) is 20.9 Å². The van der Waals surface area contributed by atoms with Gasteiger partial charge >= 0.3 is 10.4 Å². The summed E-state index contributed by atoms with van der Waals surface area (Å²) in [5.74, 6) is -4.66. The monoisotopic (exact) mass is 1670 g/mol. The first-order chi connectivity index (χ1) is 55.3. The Balaban J connectivity index is 0.620. The van der Waals surface area contributed by atoms with Gasteiger partial charge in [0.25, 0.3) is 11.8 Å². The Morgan fingerprint density at radius 3 is 1.60 bits per heavy atom. The molecule has 0 aliphatic carbocycles. The van der Waals surface area contributed by atoms with E-state index in [1.807, 2.05) is 13.0 Å². The molecule has 4 amide bonds. The van der Waals surface area contributed by atoms with Crippen molar-refractivity contribution in [3.63, 3.8) is 0 Å². The Bertz CT molecular complexity index is 5030. The van der Waals surface area contributed by atoms with E-state index in [0.717, 1.165) is 23.3 Å². The molecule has 2 saturated heterocycles. The Morgan fingerprint density at radius 2 is 1.03 bits per heavy atom. The normalized spacial score (nSPS) is 22.0. The number of Topliss-reactive ketones (excluding diaryl/α,β-unsaturated/α-hetero) is 1. The topological polar surface area (TPSA) is 460 Å². The molecule has 2 fully saturated rings. The molecule has 4 aliphatic heterocycles. The number of anilines is 2. The molecule has 8 aromatic rings. The first-order valence-corrected chi connectivity index (χ1v) is 41.0. The first-order valence-electron chi connectivity index (χ1n) is 37.0. The van der Waals surface area contributed by atoms with Crippen molar-refractivity contribution >= 4 is 106 Å². The van der Waals surface area contributed by atoms with Crippen LogP contribution in [0.15, 0.2) is 138 Å². The molecule has 4 aliphatic rings. The number of hydrogen-bond acceptors (Lipinski definition) is 28. The molecule has 115 heavy (non-hydrogen) atoms. The molecule has 0 saturated carbocycles. The summed E-state index contributed by atoms with van der Waals surface area (Å²) in [6, 6.07) is 32.3. The zero-order valence-electron chi connectivity index (χ0n) is 62.0. The third-order valence-corrected chi connectivity index (χ3v) is 23.2. The molecule has 1 aromatic heterocycles. The minimum Gasteiger partial charge on any atom is -0.461 e. The van der Waals surface area contributed by atoms with E-state index in [-0.39, 0.29) is 171 Å². The molecular formula is C78H87Cl2N7O26S2. The second kappa shape index (κ2) is 38.3. The standard InChI is InChI=1S/C78H87Cl2N7O26S2/c1-44-13-20-51(21-14-44)114(101,102)32-23-58(90)45-15-17-46(18-16-45)75(99)82-38-50-41-85(84-83-50)25-27-106-29-31-107-30-28-105-26-24-81-76(100)47-19-22-59(108-77-73(97)71(95)69(93)63(42-88)110-77)62(33-47)113-115(103,104)112-61-35-57-68(55-10-5-3-8-53(55)61)49(37-80)40-87(57)66(92)12-6-11-65(91)86-39-48(36-79)67-54-9-4-2-7-52(54)60(34-56(67)86)109-78-74(98)72(96)70(94)64(43-89)111-78/h2-5,7-10,13-22,33-35,41,48-49,63-64,69-74,77-78,88-89,93-98H,6,11-12,23-32,36-40,42-43H2,1H3,(H,81,100)(H,82,99)/t48-,49-,63-,64-,69+,70+,71+,72+,73-,74-,77-,78?/m1/s1. The number of ether oxygens (including phenoxy) is 7. The van der Waals surface area contributed by atoms with Crippen LogP contribution in [0.4, 0.5) is 11.4 Å². The summed E-state index contributed by atoms with van der Waals surface area (Å²) >= 11 is 13.2. The highest BCUT2D eigenvalue weighted by atomic mass is 35.5. The van der Waals surface area contributed by atoms with E-state index in [9.17, 15) is 81.7 Å². The van der Waals surface area contributed by atoms with Crippen LogP contribution >= 0.6 is 23.2 Å². The van der Waals surface area contributed by atoms with Crippen LogP contribution < -0.4 is 38.3 Å². The minimum absolute atomic E-state index is 0.00716. The van der Waals surface area contributed by atoms with E-state index in [1.54, 1.807) is 71.5 Å².